The fraction of sp³-hybridized carbons (Fsp3) is 0.429. The van der Waals surface area contributed by atoms with Crippen molar-refractivity contribution >= 4 is 11.7 Å². The minimum Gasteiger partial charge on any atom is -0.480 e. The van der Waals surface area contributed by atoms with E-state index in [2.05, 4.69) is 5.10 Å². The van der Waals surface area contributed by atoms with Gasteiger partial charge in [-0.3, -0.25) is 10.1 Å². The summed E-state index contributed by atoms with van der Waals surface area (Å²) < 4.78 is 37.3. The van der Waals surface area contributed by atoms with Crippen molar-refractivity contribution in [3.8, 4) is 0 Å². The second-order valence-corrected chi connectivity index (χ2v) is 3.02. The molecule has 0 amide bonds. The standard InChI is InChI=1S/C7H6F3N3O4/c8-5(9)1-3(7(14)15)12-2-4(13(16)17)6(10)11-12/h2-3,5H,1H2,(H,14,15). The number of carboxylic acids is 1. The maximum atomic E-state index is 12.9. The minimum absolute atomic E-state index is 0.307. The molecule has 0 aromatic carbocycles. The van der Waals surface area contributed by atoms with Gasteiger partial charge in [0.2, 0.25) is 6.43 Å². The topological polar surface area (TPSA) is 98.3 Å². The van der Waals surface area contributed by atoms with Crippen LogP contribution in [0.5, 0.6) is 0 Å². The summed E-state index contributed by atoms with van der Waals surface area (Å²) in [5.74, 6) is -3.20. The van der Waals surface area contributed by atoms with Crippen molar-refractivity contribution in [3.63, 3.8) is 0 Å². The van der Waals surface area contributed by atoms with E-state index in [0.717, 1.165) is 0 Å². The molecule has 94 valence electrons. The Morgan fingerprint density at radius 3 is 2.59 bits per heavy atom. The van der Waals surface area contributed by atoms with E-state index in [0.29, 0.717) is 10.9 Å². The number of aromatic nitrogens is 2. The van der Waals surface area contributed by atoms with Gasteiger partial charge in [0.1, 0.15) is 6.20 Å². The molecule has 1 N–H and O–H groups in total. The molecule has 0 saturated heterocycles. The summed E-state index contributed by atoms with van der Waals surface area (Å²) >= 11 is 0. The zero-order valence-electron chi connectivity index (χ0n) is 8.09. The highest BCUT2D eigenvalue weighted by Crippen LogP contribution is 2.21. The zero-order valence-corrected chi connectivity index (χ0v) is 8.09. The van der Waals surface area contributed by atoms with Crippen LogP contribution in [0.2, 0.25) is 0 Å². The van der Waals surface area contributed by atoms with Crippen LogP contribution in [0.1, 0.15) is 12.5 Å². The van der Waals surface area contributed by atoms with Crippen molar-refractivity contribution in [1.29, 1.82) is 0 Å². The molecule has 1 atom stereocenters. The molecule has 0 radical (unpaired) electrons. The maximum absolute atomic E-state index is 12.9. The van der Waals surface area contributed by atoms with Crippen LogP contribution < -0.4 is 0 Å². The highest BCUT2D eigenvalue weighted by molar-refractivity contribution is 5.71. The van der Waals surface area contributed by atoms with E-state index in [-0.39, 0.29) is 0 Å². The number of carbonyl (C=O) groups is 1. The van der Waals surface area contributed by atoms with Gasteiger partial charge in [-0.15, -0.1) is 5.10 Å². The molecule has 0 aliphatic carbocycles. The quantitative estimate of drug-likeness (QED) is 0.628. The van der Waals surface area contributed by atoms with Crippen LogP contribution in [0.25, 0.3) is 0 Å². The van der Waals surface area contributed by atoms with E-state index < -0.39 is 41.4 Å². The smallest absolute Gasteiger partial charge is 0.343 e. The lowest BCUT2D eigenvalue weighted by atomic mass is 10.2. The molecule has 10 heteroatoms. The van der Waals surface area contributed by atoms with Gasteiger partial charge in [0.25, 0.3) is 0 Å². The van der Waals surface area contributed by atoms with Crippen LogP contribution in [0.4, 0.5) is 18.9 Å². The van der Waals surface area contributed by atoms with E-state index in [9.17, 15) is 28.1 Å². The number of halogens is 3. The summed E-state index contributed by atoms with van der Waals surface area (Å²) in [6.07, 6.45) is -3.60. The highest BCUT2D eigenvalue weighted by atomic mass is 19.3. The Morgan fingerprint density at radius 2 is 2.24 bits per heavy atom. The molecule has 0 fully saturated rings. The predicted molar refractivity (Wildman–Crippen MR) is 46.1 cm³/mol. The van der Waals surface area contributed by atoms with Crippen LogP contribution in [0.15, 0.2) is 6.20 Å². The first-order chi connectivity index (χ1) is 7.82. The van der Waals surface area contributed by atoms with Crippen LogP contribution in [-0.2, 0) is 4.79 Å². The highest BCUT2D eigenvalue weighted by Gasteiger charge is 2.29. The average molecular weight is 253 g/mol. The van der Waals surface area contributed by atoms with Crippen molar-refractivity contribution in [1.82, 2.24) is 9.78 Å². The fourth-order valence-corrected chi connectivity index (χ4v) is 1.13. The van der Waals surface area contributed by atoms with E-state index >= 15 is 0 Å². The Balaban J connectivity index is 3.07. The number of carboxylic acid groups (broad SMARTS) is 1. The van der Waals surface area contributed by atoms with Crippen LogP contribution in [0, 0.1) is 16.1 Å². The molecule has 0 saturated carbocycles. The summed E-state index contributed by atoms with van der Waals surface area (Å²) in [6, 6.07) is -1.85. The third kappa shape index (κ3) is 2.92. The summed E-state index contributed by atoms with van der Waals surface area (Å²) in [5.41, 5.74) is -1.06. The molecule has 0 aliphatic heterocycles. The van der Waals surface area contributed by atoms with Gasteiger partial charge < -0.3 is 5.11 Å². The Morgan fingerprint density at radius 1 is 1.65 bits per heavy atom. The molecular weight excluding hydrogens is 247 g/mol. The van der Waals surface area contributed by atoms with E-state index in [1.165, 1.54) is 0 Å². The summed E-state index contributed by atoms with van der Waals surface area (Å²) in [7, 11) is 0. The number of aliphatic carboxylic acids is 1. The lowest BCUT2D eigenvalue weighted by Crippen LogP contribution is -2.22. The SMILES string of the molecule is O=C(O)C(CC(F)F)n1cc([N+](=O)[O-])c(F)n1. The fourth-order valence-electron chi connectivity index (χ4n) is 1.13. The normalized spacial score (nSPS) is 12.7. The molecule has 1 rings (SSSR count). The first-order valence-corrected chi connectivity index (χ1v) is 4.23. The first kappa shape index (κ1) is 12.9. The number of nitro groups is 1. The van der Waals surface area contributed by atoms with Crippen molar-refractivity contribution < 1.29 is 28.0 Å². The van der Waals surface area contributed by atoms with Gasteiger partial charge in [-0.05, 0) is 0 Å². The third-order valence-electron chi connectivity index (χ3n) is 1.87. The average Bonchev–Trinajstić information content (AvgIpc) is 2.55. The van der Waals surface area contributed by atoms with Crippen molar-refractivity contribution in [3.05, 3.63) is 22.3 Å². The van der Waals surface area contributed by atoms with Crippen molar-refractivity contribution in [2.45, 2.75) is 18.9 Å². The van der Waals surface area contributed by atoms with E-state index in [1.54, 1.807) is 0 Å². The molecule has 1 unspecified atom stereocenters. The lowest BCUT2D eigenvalue weighted by molar-refractivity contribution is -0.387. The largest absolute Gasteiger partial charge is 0.480 e. The number of alkyl halides is 2. The van der Waals surface area contributed by atoms with Crippen molar-refractivity contribution in [2.75, 3.05) is 0 Å². The first-order valence-electron chi connectivity index (χ1n) is 4.23. The number of hydrogen-bond acceptors (Lipinski definition) is 4. The van der Waals surface area contributed by atoms with Crippen LogP contribution >= 0.6 is 0 Å². The third-order valence-corrected chi connectivity index (χ3v) is 1.87. The summed E-state index contributed by atoms with van der Waals surface area (Å²) in [6.45, 7) is 0. The lowest BCUT2D eigenvalue weighted by Gasteiger charge is -2.10. The predicted octanol–water partition coefficient (Wildman–Crippen LogP) is 1.21. The molecule has 17 heavy (non-hydrogen) atoms. The van der Waals surface area contributed by atoms with Crippen molar-refractivity contribution in [2.24, 2.45) is 0 Å². The minimum atomic E-state index is -2.96. The van der Waals surface area contributed by atoms with Gasteiger partial charge in [-0.1, -0.05) is 0 Å². The van der Waals surface area contributed by atoms with Gasteiger partial charge in [-0.25, -0.2) is 18.3 Å². The molecule has 0 bridgehead atoms. The molecule has 0 spiro atoms. The van der Waals surface area contributed by atoms with Gasteiger partial charge in [-0.2, -0.15) is 4.39 Å². The monoisotopic (exact) mass is 253 g/mol. The summed E-state index contributed by atoms with van der Waals surface area (Å²) in [5, 5.41) is 21.8. The van der Waals surface area contributed by atoms with E-state index in [1.807, 2.05) is 0 Å². The van der Waals surface area contributed by atoms with E-state index in [4.69, 9.17) is 5.11 Å². The van der Waals surface area contributed by atoms with Gasteiger partial charge >= 0.3 is 17.6 Å². The molecular formula is C7H6F3N3O4. The molecule has 0 aliphatic rings. The van der Waals surface area contributed by atoms with Gasteiger partial charge in [0.15, 0.2) is 6.04 Å². The van der Waals surface area contributed by atoms with Crippen LogP contribution in [-0.4, -0.2) is 32.2 Å². The molecule has 1 heterocycles. The molecule has 7 nitrogen and oxygen atoms in total. The Kier molecular flexibility index (Phi) is 3.66. The zero-order chi connectivity index (χ0) is 13.2. The van der Waals surface area contributed by atoms with Gasteiger partial charge in [0.05, 0.1) is 4.92 Å². The Hall–Kier alpha value is -2.13. The second-order valence-electron chi connectivity index (χ2n) is 3.02. The second kappa shape index (κ2) is 4.80. The number of rotatable bonds is 5. The molecule has 1 aromatic heterocycles. The maximum Gasteiger partial charge on any atom is 0.343 e. The van der Waals surface area contributed by atoms with Gasteiger partial charge in [0, 0.05) is 6.42 Å². The number of nitrogens with zero attached hydrogens (tertiary/aromatic N) is 3. The Labute approximate surface area is 91.6 Å². The number of hydrogen-bond donors (Lipinski definition) is 1. The summed E-state index contributed by atoms with van der Waals surface area (Å²) in [4.78, 5) is 19.8. The Bertz CT molecular complexity index is 448. The van der Waals surface area contributed by atoms with Crippen LogP contribution in [0.3, 0.4) is 0 Å². The molecule has 1 aromatic rings.